The van der Waals surface area contributed by atoms with Gasteiger partial charge in [0.1, 0.15) is 0 Å². The number of unbranched alkanes of at least 4 members (excludes halogenated alkanes) is 1. The SMILES string of the molecule is NCCCCc1cn(CCc2ccsc2)c2ccccc12. The summed E-state index contributed by atoms with van der Waals surface area (Å²) in [4.78, 5) is 0. The average molecular weight is 298 g/mol. The number of fused-ring (bicyclic) bond motifs is 1. The fraction of sp³-hybridized carbons (Fsp3) is 0.333. The highest BCUT2D eigenvalue weighted by atomic mass is 32.1. The molecule has 2 nitrogen and oxygen atoms in total. The molecule has 0 saturated carbocycles. The minimum Gasteiger partial charge on any atom is -0.347 e. The molecule has 0 radical (unpaired) electrons. The van der Waals surface area contributed by atoms with Crippen LogP contribution < -0.4 is 5.73 Å². The molecule has 0 atom stereocenters. The van der Waals surface area contributed by atoms with Crippen molar-refractivity contribution in [1.82, 2.24) is 4.57 Å². The molecule has 0 fully saturated rings. The molecule has 0 bridgehead atoms. The average Bonchev–Trinajstić information content (AvgIpc) is 3.14. The second-order valence-electron chi connectivity index (χ2n) is 5.49. The summed E-state index contributed by atoms with van der Waals surface area (Å²) in [6.45, 7) is 1.84. The van der Waals surface area contributed by atoms with Crippen molar-refractivity contribution in [3.05, 3.63) is 58.4 Å². The highest BCUT2D eigenvalue weighted by Gasteiger charge is 2.07. The molecule has 0 aliphatic rings. The van der Waals surface area contributed by atoms with Crippen LogP contribution in [0.5, 0.6) is 0 Å². The van der Waals surface area contributed by atoms with Crippen molar-refractivity contribution in [2.45, 2.75) is 32.2 Å². The Morgan fingerprint density at radius 1 is 1.05 bits per heavy atom. The van der Waals surface area contributed by atoms with Gasteiger partial charge in [0.15, 0.2) is 0 Å². The predicted molar refractivity (Wildman–Crippen MR) is 92.0 cm³/mol. The van der Waals surface area contributed by atoms with Crippen molar-refractivity contribution in [1.29, 1.82) is 0 Å². The second-order valence-corrected chi connectivity index (χ2v) is 6.27. The molecule has 3 heteroatoms. The van der Waals surface area contributed by atoms with Gasteiger partial charge in [-0.3, -0.25) is 0 Å². The third kappa shape index (κ3) is 3.36. The third-order valence-electron chi connectivity index (χ3n) is 3.99. The zero-order valence-corrected chi connectivity index (χ0v) is 13.1. The highest BCUT2D eigenvalue weighted by Crippen LogP contribution is 2.23. The molecule has 3 aromatic rings. The van der Waals surface area contributed by atoms with Crippen molar-refractivity contribution in [2.75, 3.05) is 6.54 Å². The van der Waals surface area contributed by atoms with Gasteiger partial charge in [-0.05, 0) is 66.2 Å². The van der Waals surface area contributed by atoms with E-state index in [2.05, 4.69) is 51.9 Å². The normalized spacial score (nSPS) is 11.3. The lowest BCUT2D eigenvalue weighted by Crippen LogP contribution is -1.99. The number of thiophene rings is 1. The zero-order valence-electron chi connectivity index (χ0n) is 12.3. The molecule has 0 aliphatic carbocycles. The van der Waals surface area contributed by atoms with Crippen LogP contribution in [0.2, 0.25) is 0 Å². The number of nitrogens with zero attached hydrogens (tertiary/aromatic N) is 1. The van der Waals surface area contributed by atoms with E-state index in [0.29, 0.717) is 0 Å². The Labute approximate surface area is 130 Å². The molecule has 0 spiro atoms. The van der Waals surface area contributed by atoms with Crippen molar-refractivity contribution in [3.8, 4) is 0 Å². The first-order valence-electron chi connectivity index (χ1n) is 7.66. The van der Waals surface area contributed by atoms with Gasteiger partial charge in [0.2, 0.25) is 0 Å². The summed E-state index contributed by atoms with van der Waals surface area (Å²) in [7, 11) is 0. The summed E-state index contributed by atoms with van der Waals surface area (Å²) < 4.78 is 2.41. The molecule has 2 N–H and O–H groups in total. The molecule has 0 saturated heterocycles. The van der Waals surface area contributed by atoms with E-state index in [-0.39, 0.29) is 0 Å². The third-order valence-corrected chi connectivity index (χ3v) is 4.72. The lowest BCUT2D eigenvalue weighted by Gasteiger charge is -2.03. The molecule has 21 heavy (non-hydrogen) atoms. The first-order valence-corrected chi connectivity index (χ1v) is 8.60. The number of rotatable bonds is 7. The molecule has 1 aromatic carbocycles. The monoisotopic (exact) mass is 298 g/mol. The summed E-state index contributed by atoms with van der Waals surface area (Å²) in [6, 6.07) is 11.0. The highest BCUT2D eigenvalue weighted by molar-refractivity contribution is 7.07. The molecular weight excluding hydrogens is 276 g/mol. The van der Waals surface area contributed by atoms with E-state index in [0.717, 1.165) is 32.4 Å². The Kier molecular flexibility index (Phi) is 4.73. The largest absolute Gasteiger partial charge is 0.347 e. The number of aryl methyl sites for hydroxylation is 3. The number of aromatic nitrogens is 1. The standard InChI is InChI=1S/C18H22N2S/c19-10-4-3-5-16-13-20(11-8-15-9-12-21-14-15)18-7-2-1-6-17(16)18/h1-2,6-7,9,12-14H,3-5,8,10-11,19H2. The number of nitrogens with two attached hydrogens (primary N) is 1. The topological polar surface area (TPSA) is 30.9 Å². The smallest absolute Gasteiger partial charge is 0.0483 e. The van der Waals surface area contributed by atoms with Gasteiger partial charge < -0.3 is 10.3 Å². The fourth-order valence-corrected chi connectivity index (χ4v) is 3.55. The number of hydrogen-bond acceptors (Lipinski definition) is 2. The molecular formula is C18H22N2S. The van der Waals surface area contributed by atoms with Crippen LogP contribution in [-0.4, -0.2) is 11.1 Å². The van der Waals surface area contributed by atoms with Gasteiger partial charge in [0, 0.05) is 23.6 Å². The molecule has 2 heterocycles. The minimum atomic E-state index is 0.788. The van der Waals surface area contributed by atoms with Crippen LogP contribution in [-0.2, 0) is 19.4 Å². The van der Waals surface area contributed by atoms with Crippen LogP contribution in [0.4, 0.5) is 0 Å². The van der Waals surface area contributed by atoms with Gasteiger partial charge in [-0.25, -0.2) is 0 Å². The van der Waals surface area contributed by atoms with E-state index >= 15 is 0 Å². The van der Waals surface area contributed by atoms with Crippen LogP contribution in [0.25, 0.3) is 10.9 Å². The van der Waals surface area contributed by atoms with Crippen LogP contribution in [0.1, 0.15) is 24.0 Å². The maximum atomic E-state index is 5.61. The maximum Gasteiger partial charge on any atom is 0.0483 e. The summed E-state index contributed by atoms with van der Waals surface area (Å²) in [5, 5.41) is 5.80. The van der Waals surface area contributed by atoms with Gasteiger partial charge in [0.05, 0.1) is 0 Å². The molecule has 0 aliphatic heterocycles. The van der Waals surface area contributed by atoms with Crippen molar-refractivity contribution in [3.63, 3.8) is 0 Å². The Morgan fingerprint density at radius 3 is 2.76 bits per heavy atom. The molecule has 0 amide bonds. The molecule has 3 rings (SSSR count). The van der Waals surface area contributed by atoms with Gasteiger partial charge >= 0.3 is 0 Å². The Balaban J connectivity index is 1.80. The van der Waals surface area contributed by atoms with E-state index in [9.17, 15) is 0 Å². The summed E-state index contributed by atoms with van der Waals surface area (Å²) in [6.07, 6.45) is 6.85. The van der Waals surface area contributed by atoms with Gasteiger partial charge in [0.25, 0.3) is 0 Å². The Hall–Kier alpha value is -1.58. The summed E-state index contributed by atoms with van der Waals surface area (Å²) >= 11 is 1.78. The number of benzene rings is 1. The van der Waals surface area contributed by atoms with Crippen molar-refractivity contribution >= 4 is 22.2 Å². The first kappa shape index (κ1) is 14.4. The molecule has 2 aromatic heterocycles. The fourth-order valence-electron chi connectivity index (χ4n) is 2.85. The first-order chi connectivity index (χ1) is 10.4. The predicted octanol–water partition coefficient (Wildman–Crippen LogP) is 4.23. The second kappa shape index (κ2) is 6.92. The van der Waals surface area contributed by atoms with Crippen LogP contribution >= 0.6 is 11.3 Å². The quantitative estimate of drug-likeness (QED) is 0.650. The van der Waals surface area contributed by atoms with Crippen molar-refractivity contribution in [2.24, 2.45) is 5.73 Å². The van der Waals surface area contributed by atoms with E-state index < -0.39 is 0 Å². The van der Waals surface area contributed by atoms with E-state index in [1.807, 2.05) is 0 Å². The van der Waals surface area contributed by atoms with E-state index in [4.69, 9.17) is 5.73 Å². The van der Waals surface area contributed by atoms with E-state index in [1.54, 1.807) is 11.3 Å². The zero-order chi connectivity index (χ0) is 14.5. The van der Waals surface area contributed by atoms with E-state index in [1.165, 1.54) is 28.5 Å². The number of hydrogen-bond donors (Lipinski definition) is 1. The lowest BCUT2D eigenvalue weighted by atomic mass is 10.1. The van der Waals surface area contributed by atoms with Crippen LogP contribution in [0, 0.1) is 0 Å². The number of para-hydroxylation sites is 1. The van der Waals surface area contributed by atoms with Gasteiger partial charge in [-0.2, -0.15) is 11.3 Å². The van der Waals surface area contributed by atoms with Crippen LogP contribution in [0.15, 0.2) is 47.3 Å². The maximum absolute atomic E-state index is 5.61. The molecule has 110 valence electrons. The Bertz CT molecular complexity index is 682. The summed E-state index contributed by atoms with van der Waals surface area (Å²) in [5.74, 6) is 0. The Morgan fingerprint density at radius 2 is 1.95 bits per heavy atom. The van der Waals surface area contributed by atoms with Gasteiger partial charge in [-0.1, -0.05) is 18.2 Å². The summed E-state index contributed by atoms with van der Waals surface area (Å²) in [5.41, 5.74) is 9.86. The molecule has 0 unspecified atom stereocenters. The minimum absolute atomic E-state index is 0.788. The van der Waals surface area contributed by atoms with Crippen molar-refractivity contribution < 1.29 is 0 Å². The lowest BCUT2D eigenvalue weighted by molar-refractivity contribution is 0.711. The van der Waals surface area contributed by atoms with Crippen LogP contribution in [0.3, 0.4) is 0 Å². The van der Waals surface area contributed by atoms with Gasteiger partial charge in [-0.15, -0.1) is 0 Å².